The lowest BCUT2D eigenvalue weighted by atomic mass is 9.67. The number of hydrogen-bond acceptors (Lipinski definition) is 2. The van der Waals surface area contributed by atoms with Crippen molar-refractivity contribution < 1.29 is 4.79 Å². The minimum Gasteiger partial charge on any atom is -0.344 e. The number of hydrogen-bond donors (Lipinski definition) is 1. The Morgan fingerprint density at radius 2 is 1.62 bits per heavy atom. The molecule has 4 bridgehead atoms. The zero-order valence-electron chi connectivity index (χ0n) is 18.3. The lowest BCUT2D eigenvalue weighted by Crippen LogP contribution is -2.29. The van der Waals surface area contributed by atoms with Crippen LogP contribution in [0.4, 0.5) is 0 Å². The predicted octanol–water partition coefficient (Wildman–Crippen LogP) is 6.41. The molecule has 2 unspecified atom stereocenters. The van der Waals surface area contributed by atoms with Gasteiger partial charge in [-0.25, -0.2) is 4.68 Å². The van der Waals surface area contributed by atoms with E-state index in [9.17, 15) is 4.79 Å². The summed E-state index contributed by atoms with van der Waals surface area (Å²) in [6, 6.07) is 17.9. The topological polar surface area (TPSA) is 46.9 Å². The van der Waals surface area contributed by atoms with Crippen LogP contribution in [0.3, 0.4) is 0 Å². The first-order chi connectivity index (χ1) is 15.6. The summed E-state index contributed by atoms with van der Waals surface area (Å²) in [7, 11) is 0. The second-order valence-corrected chi connectivity index (χ2v) is 10.4. The molecule has 0 aliphatic heterocycles. The van der Waals surface area contributed by atoms with Crippen molar-refractivity contribution >= 4 is 17.5 Å². The van der Waals surface area contributed by atoms with Crippen LogP contribution in [0, 0.1) is 11.8 Å². The van der Waals surface area contributed by atoms with E-state index in [0.29, 0.717) is 22.6 Å². The maximum absolute atomic E-state index is 13.6. The molecule has 32 heavy (non-hydrogen) atoms. The first-order valence-electron chi connectivity index (χ1n) is 11.8. The van der Waals surface area contributed by atoms with Gasteiger partial charge in [0.05, 0.1) is 17.4 Å². The second-order valence-electron chi connectivity index (χ2n) is 9.95. The lowest BCUT2D eigenvalue weighted by molar-refractivity contribution is 0.0931. The van der Waals surface area contributed by atoms with E-state index in [1.807, 2.05) is 49.4 Å². The number of carbonyl (C=O) groups is 1. The van der Waals surface area contributed by atoms with E-state index in [0.717, 1.165) is 23.1 Å². The van der Waals surface area contributed by atoms with Crippen molar-refractivity contribution in [2.24, 2.45) is 11.8 Å². The number of aromatic nitrogens is 2. The Bertz CT molecular complexity index is 1140. The molecule has 2 saturated carbocycles. The summed E-state index contributed by atoms with van der Waals surface area (Å²) in [4.78, 5) is 13.6. The number of amides is 1. The van der Waals surface area contributed by atoms with Crippen molar-refractivity contribution in [1.82, 2.24) is 15.1 Å². The van der Waals surface area contributed by atoms with E-state index in [4.69, 9.17) is 16.7 Å². The molecule has 3 atom stereocenters. The van der Waals surface area contributed by atoms with Crippen LogP contribution in [0.15, 0.2) is 54.6 Å². The highest BCUT2D eigenvalue weighted by molar-refractivity contribution is 6.30. The van der Waals surface area contributed by atoms with Crippen LogP contribution >= 0.6 is 11.6 Å². The van der Waals surface area contributed by atoms with Crippen molar-refractivity contribution in [2.45, 2.75) is 56.9 Å². The maximum Gasteiger partial charge on any atom is 0.272 e. The average molecular weight is 446 g/mol. The highest BCUT2D eigenvalue weighted by Crippen LogP contribution is 2.57. The minimum atomic E-state index is -0.0708. The SMILES string of the molecule is C[C@@H](NC(=O)c1nn(-c2ccc(Cl)cc2)c2c1C1CC3CC(C1)CC2C3)c1ccccc1. The normalized spacial score (nSPS) is 26.4. The molecule has 7 rings (SSSR count). The van der Waals surface area contributed by atoms with Crippen molar-refractivity contribution in [1.29, 1.82) is 0 Å². The number of halogens is 1. The van der Waals surface area contributed by atoms with Crippen molar-refractivity contribution in [3.8, 4) is 5.69 Å². The Balaban J connectivity index is 1.44. The fourth-order valence-electron chi connectivity index (χ4n) is 6.59. The molecular formula is C27H28ClN3O. The van der Waals surface area contributed by atoms with Crippen LogP contribution in [0.25, 0.3) is 5.69 Å². The van der Waals surface area contributed by atoms with Gasteiger partial charge in [0, 0.05) is 16.5 Å². The molecule has 0 saturated heterocycles. The molecule has 2 fully saturated rings. The van der Waals surface area contributed by atoms with Crippen LogP contribution in [0.1, 0.15) is 84.2 Å². The molecule has 4 aliphatic carbocycles. The molecule has 1 amide bonds. The minimum absolute atomic E-state index is 0.0634. The van der Waals surface area contributed by atoms with Gasteiger partial charge >= 0.3 is 0 Å². The first kappa shape index (κ1) is 20.0. The van der Waals surface area contributed by atoms with Gasteiger partial charge in [-0.3, -0.25) is 4.79 Å². The first-order valence-corrected chi connectivity index (χ1v) is 12.2. The molecule has 4 aliphatic rings. The van der Waals surface area contributed by atoms with E-state index in [1.54, 1.807) is 0 Å². The highest BCUT2D eigenvalue weighted by Gasteiger charge is 2.46. The van der Waals surface area contributed by atoms with Crippen molar-refractivity contribution in [3.05, 3.63) is 82.1 Å². The number of rotatable bonds is 4. The van der Waals surface area contributed by atoms with Crippen molar-refractivity contribution in [3.63, 3.8) is 0 Å². The van der Waals surface area contributed by atoms with Gasteiger partial charge in [-0.05, 0) is 86.6 Å². The van der Waals surface area contributed by atoms with E-state index in [-0.39, 0.29) is 11.9 Å². The Kier molecular flexibility index (Phi) is 4.87. The predicted molar refractivity (Wildman–Crippen MR) is 126 cm³/mol. The molecule has 2 aromatic carbocycles. The van der Waals surface area contributed by atoms with Crippen LogP contribution in [0.5, 0.6) is 0 Å². The molecule has 4 nitrogen and oxygen atoms in total. The smallest absolute Gasteiger partial charge is 0.272 e. The third-order valence-corrected chi connectivity index (χ3v) is 8.08. The summed E-state index contributed by atoms with van der Waals surface area (Å²) in [5.41, 5.74) is 5.20. The Labute approximate surface area is 194 Å². The van der Waals surface area contributed by atoms with Gasteiger partial charge in [-0.1, -0.05) is 41.9 Å². The molecule has 164 valence electrons. The molecule has 1 heterocycles. The lowest BCUT2D eigenvalue weighted by Gasteiger charge is -2.38. The van der Waals surface area contributed by atoms with Crippen molar-refractivity contribution in [2.75, 3.05) is 0 Å². The standard InChI is InChI=1S/C27H28ClN3O/c1-16(19-5-3-2-4-6-19)29-27(32)25-24-20-12-17-11-18(13-20)15-21(14-17)26(24)31(30-25)23-9-7-22(28)8-10-23/h2-10,16-18,20-21H,11-15H2,1H3,(H,29,32)/t16-,17?,18?,20?,21?/m1/s1. The Morgan fingerprint density at radius 1 is 0.969 bits per heavy atom. The maximum atomic E-state index is 13.6. The van der Waals surface area contributed by atoms with Gasteiger partial charge < -0.3 is 5.32 Å². The number of carbonyl (C=O) groups excluding carboxylic acids is 1. The summed E-state index contributed by atoms with van der Waals surface area (Å²) >= 11 is 6.16. The Morgan fingerprint density at radius 3 is 2.31 bits per heavy atom. The van der Waals surface area contributed by atoms with Gasteiger partial charge in [0.25, 0.3) is 5.91 Å². The number of nitrogens with one attached hydrogen (secondary N) is 1. The highest BCUT2D eigenvalue weighted by atomic mass is 35.5. The van der Waals surface area contributed by atoms with Gasteiger partial charge in [0.2, 0.25) is 0 Å². The van der Waals surface area contributed by atoms with E-state index in [1.165, 1.54) is 43.4 Å². The quantitative estimate of drug-likeness (QED) is 0.504. The summed E-state index contributed by atoms with van der Waals surface area (Å²) in [6.07, 6.45) is 6.20. The fourth-order valence-corrected chi connectivity index (χ4v) is 6.71. The van der Waals surface area contributed by atoms with Gasteiger partial charge in [0.1, 0.15) is 0 Å². The zero-order chi connectivity index (χ0) is 21.8. The molecule has 3 aromatic rings. The summed E-state index contributed by atoms with van der Waals surface area (Å²) in [5, 5.41) is 8.90. The number of nitrogens with zero attached hydrogens (tertiary/aromatic N) is 2. The van der Waals surface area contributed by atoms with Crippen LogP contribution in [0.2, 0.25) is 5.02 Å². The second kappa shape index (κ2) is 7.77. The van der Waals surface area contributed by atoms with E-state index < -0.39 is 0 Å². The van der Waals surface area contributed by atoms with Crippen LogP contribution < -0.4 is 5.32 Å². The van der Waals surface area contributed by atoms with Gasteiger partial charge in [-0.15, -0.1) is 0 Å². The molecule has 5 heteroatoms. The third-order valence-electron chi connectivity index (χ3n) is 7.83. The zero-order valence-corrected chi connectivity index (χ0v) is 19.1. The molecule has 0 radical (unpaired) electrons. The summed E-state index contributed by atoms with van der Waals surface area (Å²) in [6.45, 7) is 2.04. The molecule has 1 N–H and O–H groups in total. The molecule has 1 aromatic heterocycles. The fraction of sp³-hybridized carbons (Fsp3) is 0.407. The third kappa shape index (κ3) is 3.36. The molecule has 0 spiro atoms. The van der Waals surface area contributed by atoms with E-state index >= 15 is 0 Å². The van der Waals surface area contributed by atoms with E-state index in [2.05, 4.69) is 22.1 Å². The van der Waals surface area contributed by atoms with Gasteiger partial charge in [0.15, 0.2) is 5.69 Å². The summed E-state index contributed by atoms with van der Waals surface area (Å²) in [5.74, 6) is 2.42. The average Bonchev–Trinajstić information content (AvgIpc) is 3.12. The Hall–Kier alpha value is -2.59. The van der Waals surface area contributed by atoms with Crippen LogP contribution in [-0.4, -0.2) is 15.7 Å². The summed E-state index contributed by atoms with van der Waals surface area (Å²) < 4.78 is 2.06. The van der Waals surface area contributed by atoms with Gasteiger partial charge in [-0.2, -0.15) is 5.10 Å². The number of benzene rings is 2. The largest absolute Gasteiger partial charge is 0.344 e. The monoisotopic (exact) mass is 445 g/mol. The molecular weight excluding hydrogens is 418 g/mol. The van der Waals surface area contributed by atoms with Crippen LogP contribution in [-0.2, 0) is 0 Å².